The molecule has 4 nitrogen and oxygen atoms in total. The van der Waals surface area contributed by atoms with E-state index in [4.69, 9.17) is 0 Å². The van der Waals surface area contributed by atoms with Gasteiger partial charge in [-0.2, -0.15) is 0 Å². The van der Waals surface area contributed by atoms with Gasteiger partial charge in [0.1, 0.15) is 5.82 Å². The van der Waals surface area contributed by atoms with E-state index in [1.807, 2.05) is 37.6 Å². The first kappa shape index (κ1) is 14.5. The van der Waals surface area contributed by atoms with Gasteiger partial charge in [-0.05, 0) is 50.2 Å². The van der Waals surface area contributed by atoms with Gasteiger partial charge >= 0.3 is 0 Å². The van der Waals surface area contributed by atoms with Crippen LogP contribution in [0.4, 0.5) is 5.82 Å². The number of anilines is 1. The van der Waals surface area contributed by atoms with Crippen molar-refractivity contribution in [1.29, 1.82) is 0 Å². The molecule has 2 aromatic heterocycles. The van der Waals surface area contributed by atoms with Crippen LogP contribution in [-0.2, 0) is 13.1 Å². The molecule has 2 rings (SSSR count). The molecule has 0 bridgehead atoms. The van der Waals surface area contributed by atoms with Crippen LogP contribution in [0.5, 0.6) is 0 Å². The van der Waals surface area contributed by atoms with E-state index in [1.54, 1.807) is 0 Å². The molecule has 0 fully saturated rings. The van der Waals surface area contributed by atoms with Crippen molar-refractivity contribution in [3.8, 4) is 0 Å². The van der Waals surface area contributed by atoms with Crippen molar-refractivity contribution in [3.63, 3.8) is 0 Å². The maximum Gasteiger partial charge on any atom is 0.131 e. The Labute approximate surface area is 120 Å². The fourth-order valence-corrected chi connectivity index (χ4v) is 2.28. The molecule has 0 aliphatic rings. The molecule has 0 radical (unpaired) electrons. The fourth-order valence-electron chi connectivity index (χ4n) is 2.28. The standard InChI is InChI=1S/C16H22N4/c1-4-20(12-15-7-5-6-8-18-15)16-13(2)9-14(10-17-3)11-19-16/h5-9,11,17H,4,10,12H2,1-3H3. The SMILES string of the molecule is CCN(Cc1ccccn1)c1ncc(CNC)cc1C. The van der Waals surface area contributed by atoms with Crippen LogP contribution >= 0.6 is 0 Å². The third-order valence-electron chi connectivity index (χ3n) is 3.25. The second-order valence-electron chi connectivity index (χ2n) is 4.85. The van der Waals surface area contributed by atoms with Crippen LogP contribution in [0.3, 0.4) is 0 Å². The van der Waals surface area contributed by atoms with E-state index in [0.717, 1.165) is 31.1 Å². The molecule has 0 saturated carbocycles. The number of hydrogen-bond acceptors (Lipinski definition) is 4. The van der Waals surface area contributed by atoms with E-state index in [2.05, 4.69) is 40.1 Å². The minimum Gasteiger partial charge on any atom is -0.351 e. The van der Waals surface area contributed by atoms with Crippen molar-refractivity contribution in [2.24, 2.45) is 0 Å². The number of hydrogen-bond donors (Lipinski definition) is 1. The highest BCUT2D eigenvalue weighted by atomic mass is 15.2. The zero-order valence-electron chi connectivity index (χ0n) is 12.4. The minimum atomic E-state index is 0.788. The van der Waals surface area contributed by atoms with Crippen molar-refractivity contribution in [2.75, 3.05) is 18.5 Å². The zero-order valence-corrected chi connectivity index (χ0v) is 12.4. The van der Waals surface area contributed by atoms with Crippen LogP contribution in [0.15, 0.2) is 36.7 Å². The van der Waals surface area contributed by atoms with E-state index >= 15 is 0 Å². The molecule has 2 heterocycles. The van der Waals surface area contributed by atoms with Crippen LogP contribution in [-0.4, -0.2) is 23.6 Å². The van der Waals surface area contributed by atoms with Crippen LogP contribution < -0.4 is 10.2 Å². The van der Waals surface area contributed by atoms with Gasteiger partial charge in [0.25, 0.3) is 0 Å². The van der Waals surface area contributed by atoms with Crippen LogP contribution in [0.2, 0.25) is 0 Å². The highest BCUT2D eigenvalue weighted by molar-refractivity contribution is 5.47. The molecule has 0 unspecified atom stereocenters. The molecular formula is C16H22N4. The van der Waals surface area contributed by atoms with Gasteiger partial charge in [-0.15, -0.1) is 0 Å². The predicted octanol–water partition coefficient (Wildman–Crippen LogP) is 2.53. The summed E-state index contributed by atoms with van der Waals surface area (Å²) >= 11 is 0. The summed E-state index contributed by atoms with van der Waals surface area (Å²) in [7, 11) is 1.95. The van der Waals surface area contributed by atoms with Gasteiger partial charge in [-0.25, -0.2) is 4.98 Å². The molecule has 20 heavy (non-hydrogen) atoms. The van der Waals surface area contributed by atoms with Crippen molar-refractivity contribution >= 4 is 5.82 Å². The fraction of sp³-hybridized carbons (Fsp3) is 0.375. The Morgan fingerprint density at radius 1 is 1.25 bits per heavy atom. The topological polar surface area (TPSA) is 41.1 Å². The summed E-state index contributed by atoms with van der Waals surface area (Å²) in [4.78, 5) is 11.3. The maximum absolute atomic E-state index is 4.62. The third kappa shape index (κ3) is 3.54. The predicted molar refractivity (Wildman–Crippen MR) is 82.7 cm³/mol. The molecule has 0 saturated heterocycles. The van der Waals surface area contributed by atoms with Gasteiger partial charge in [0.2, 0.25) is 0 Å². The molecule has 106 valence electrons. The monoisotopic (exact) mass is 270 g/mol. The molecule has 1 N–H and O–H groups in total. The molecule has 2 aromatic rings. The normalized spacial score (nSPS) is 10.6. The Morgan fingerprint density at radius 2 is 2.10 bits per heavy atom. The average Bonchev–Trinajstić information content (AvgIpc) is 2.47. The molecule has 4 heteroatoms. The number of nitrogens with zero attached hydrogens (tertiary/aromatic N) is 3. The summed E-state index contributed by atoms with van der Waals surface area (Å²) in [6, 6.07) is 8.20. The first-order valence-electron chi connectivity index (χ1n) is 6.99. The highest BCUT2D eigenvalue weighted by Gasteiger charge is 2.10. The van der Waals surface area contributed by atoms with Gasteiger partial charge in [0.15, 0.2) is 0 Å². The maximum atomic E-state index is 4.62. The summed E-state index contributed by atoms with van der Waals surface area (Å²) in [6.45, 7) is 6.81. The van der Waals surface area contributed by atoms with E-state index < -0.39 is 0 Å². The molecular weight excluding hydrogens is 248 g/mol. The first-order chi connectivity index (χ1) is 9.74. The number of pyridine rings is 2. The van der Waals surface area contributed by atoms with Crippen molar-refractivity contribution < 1.29 is 0 Å². The number of nitrogens with one attached hydrogen (secondary N) is 1. The molecule has 0 aliphatic carbocycles. The molecule has 0 spiro atoms. The van der Waals surface area contributed by atoms with E-state index in [9.17, 15) is 0 Å². The number of aryl methyl sites for hydroxylation is 1. The molecule has 0 atom stereocenters. The largest absolute Gasteiger partial charge is 0.351 e. The van der Waals surface area contributed by atoms with Gasteiger partial charge in [0, 0.05) is 25.5 Å². The zero-order chi connectivity index (χ0) is 14.4. The van der Waals surface area contributed by atoms with E-state index in [1.165, 1.54) is 11.1 Å². The van der Waals surface area contributed by atoms with Crippen molar-refractivity contribution in [3.05, 3.63) is 53.5 Å². The Kier molecular flexibility index (Phi) is 5.07. The third-order valence-corrected chi connectivity index (χ3v) is 3.25. The lowest BCUT2D eigenvalue weighted by molar-refractivity contribution is 0.779. The summed E-state index contributed by atoms with van der Waals surface area (Å²) in [5.74, 6) is 1.04. The smallest absolute Gasteiger partial charge is 0.131 e. The Morgan fingerprint density at radius 3 is 2.70 bits per heavy atom. The minimum absolute atomic E-state index is 0.788. The van der Waals surface area contributed by atoms with Crippen LogP contribution in [0.1, 0.15) is 23.7 Å². The summed E-state index contributed by atoms with van der Waals surface area (Å²) in [5, 5.41) is 3.15. The van der Waals surface area contributed by atoms with Gasteiger partial charge in [-0.3, -0.25) is 4.98 Å². The second-order valence-corrected chi connectivity index (χ2v) is 4.85. The molecule has 0 amide bonds. The lowest BCUT2D eigenvalue weighted by Gasteiger charge is -2.23. The Hall–Kier alpha value is -1.94. The van der Waals surface area contributed by atoms with Crippen molar-refractivity contribution in [1.82, 2.24) is 15.3 Å². The van der Waals surface area contributed by atoms with Gasteiger partial charge in [-0.1, -0.05) is 6.07 Å². The average molecular weight is 270 g/mol. The van der Waals surface area contributed by atoms with E-state index in [-0.39, 0.29) is 0 Å². The lowest BCUT2D eigenvalue weighted by Crippen LogP contribution is -2.24. The summed E-state index contributed by atoms with van der Waals surface area (Å²) in [6.07, 6.45) is 3.78. The van der Waals surface area contributed by atoms with Crippen molar-refractivity contribution in [2.45, 2.75) is 26.9 Å². The van der Waals surface area contributed by atoms with E-state index in [0.29, 0.717) is 0 Å². The van der Waals surface area contributed by atoms with Gasteiger partial charge in [0.05, 0.1) is 12.2 Å². The quantitative estimate of drug-likeness (QED) is 0.876. The molecule has 0 aliphatic heterocycles. The first-order valence-corrected chi connectivity index (χ1v) is 6.99. The van der Waals surface area contributed by atoms with Crippen LogP contribution in [0, 0.1) is 6.92 Å². The summed E-state index contributed by atoms with van der Waals surface area (Å²) in [5.41, 5.74) is 3.48. The number of aromatic nitrogens is 2. The van der Waals surface area contributed by atoms with Crippen LogP contribution in [0.25, 0.3) is 0 Å². The number of rotatable bonds is 6. The summed E-state index contributed by atoms with van der Waals surface area (Å²) < 4.78 is 0. The highest BCUT2D eigenvalue weighted by Crippen LogP contribution is 2.19. The second kappa shape index (κ2) is 7.01. The van der Waals surface area contributed by atoms with Gasteiger partial charge < -0.3 is 10.2 Å². The molecule has 0 aromatic carbocycles. The lowest BCUT2D eigenvalue weighted by atomic mass is 10.2. The Balaban J connectivity index is 2.19. The Bertz CT molecular complexity index is 539.